The lowest BCUT2D eigenvalue weighted by Gasteiger charge is -2.21. The number of nitrogens with two attached hydrogens (primary N) is 1. The highest BCUT2D eigenvalue weighted by Gasteiger charge is 2.21. The molecule has 31 heavy (non-hydrogen) atoms. The maximum atomic E-state index is 11.9. The highest BCUT2D eigenvalue weighted by atomic mass is 16.5. The largest absolute Gasteiger partial charge is 0.376 e. The average molecular weight is 412 g/mol. The zero-order valence-corrected chi connectivity index (χ0v) is 17.2. The topological polar surface area (TPSA) is 95.1 Å². The fraction of sp³-hybridized carbons (Fsp3) is 0.208. The first kappa shape index (κ1) is 19.3. The molecule has 1 amide bonds. The molecule has 0 fully saturated rings. The Morgan fingerprint density at radius 3 is 3.00 bits per heavy atom. The minimum Gasteiger partial charge on any atom is -0.376 e. The maximum Gasteiger partial charge on any atom is 0.249 e. The van der Waals surface area contributed by atoms with Crippen LogP contribution in [0.2, 0.25) is 0 Å². The van der Waals surface area contributed by atoms with Crippen molar-refractivity contribution in [1.82, 2.24) is 14.5 Å². The molecule has 0 unspecified atom stereocenters. The number of aryl methyl sites for hydroxylation is 1. The van der Waals surface area contributed by atoms with Crippen molar-refractivity contribution >= 4 is 22.6 Å². The molecule has 155 valence electrons. The van der Waals surface area contributed by atoms with Gasteiger partial charge < -0.3 is 15.8 Å². The second kappa shape index (κ2) is 7.85. The smallest absolute Gasteiger partial charge is 0.249 e. The molecule has 0 saturated carbocycles. The normalized spacial score (nSPS) is 13.2. The number of aromatic nitrogens is 3. The van der Waals surface area contributed by atoms with Crippen molar-refractivity contribution in [3.63, 3.8) is 0 Å². The summed E-state index contributed by atoms with van der Waals surface area (Å²) in [4.78, 5) is 21.6. The van der Waals surface area contributed by atoms with E-state index in [1.54, 1.807) is 6.07 Å². The van der Waals surface area contributed by atoms with E-state index in [1.807, 2.05) is 54.0 Å². The lowest BCUT2D eigenvalue weighted by molar-refractivity contribution is 0.100. The third-order valence-electron chi connectivity index (χ3n) is 5.54. The number of fused-ring (bicyclic) bond motifs is 2. The summed E-state index contributed by atoms with van der Waals surface area (Å²) >= 11 is 0. The van der Waals surface area contributed by atoms with Crippen LogP contribution in [0.5, 0.6) is 0 Å². The Balaban J connectivity index is 1.62. The number of hydrogen-bond acceptors (Lipinski definition) is 5. The SMILES string of the molecule is Cc1cc2c(C(N)=O)cccc2n1-c1nc2c(c(NCc3c[c]ccc3)n1)COCC2. The monoisotopic (exact) mass is 412 g/mol. The van der Waals surface area contributed by atoms with Crippen molar-refractivity contribution in [1.29, 1.82) is 0 Å². The predicted molar refractivity (Wildman–Crippen MR) is 118 cm³/mol. The summed E-state index contributed by atoms with van der Waals surface area (Å²) in [5.74, 6) is 0.876. The second-order valence-corrected chi connectivity index (χ2v) is 7.59. The number of carbonyl (C=O) groups excluding carboxylic acids is 1. The number of rotatable bonds is 5. The molecule has 3 N–H and O–H groups in total. The van der Waals surface area contributed by atoms with Crippen LogP contribution in [-0.2, 0) is 24.3 Å². The fourth-order valence-corrected chi connectivity index (χ4v) is 4.03. The summed E-state index contributed by atoms with van der Waals surface area (Å²) in [6, 6.07) is 18.4. The molecule has 1 radical (unpaired) electrons. The van der Waals surface area contributed by atoms with Crippen LogP contribution in [0.15, 0.2) is 48.5 Å². The van der Waals surface area contributed by atoms with Gasteiger partial charge in [-0.05, 0) is 42.8 Å². The van der Waals surface area contributed by atoms with Gasteiger partial charge in [0.25, 0.3) is 0 Å². The molecule has 0 spiro atoms. The molecule has 3 heterocycles. The van der Waals surface area contributed by atoms with Gasteiger partial charge in [-0.3, -0.25) is 9.36 Å². The first-order valence-electron chi connectivity index (χ1n) is 10.2. The molecule has 4 aromatic rings. The number of ether oxygens (including phenoxy) is 1. The van der Waals surface area contributed by atoms with Gasteiger partial charge in [0.2, 0.25) is 11.9 Å². The quantitative estimate of drug-likeness (QED) is 0.524. The molecule has 0 atom stereocenters. The molecule has 0 saturated heterocycles. The zero-order valence-electron chi connectivity index (χ0n) is 17.2. The number of hydrogen-bond donors (Lipinski definition) is 2. The molecule has 1 aliphatic rings. The number of anilines is 1. The van der Waals surface area contributed by atoms with E-state index in [0.29, 0.717) is 31.3 Å². The van der Waals surface area contributed by atoms with Gasteiger partial charge in [0.05, 0.1) is 24.4 Å². The third kappa shape index (κ3) is 3.53. The average Bonchev–Trinajstić information content (AvgIpc) is 3.13. The standard InChI is InChI=1S/C24H22N5O2/c1-15-12-18-17(22(25)30)8-5-9-21(18)29(15)24-27-20-10-11-31-14-19(20)23(28-24)26-13-16-6-3-2-4-7-16/h2-3,5-9,12H,10-11,13-14H2,1H3,(H2,25,30)(H,26,27,28). The first-order chi connectivity index (χ1) is 15.1. The van der Waals surface area contributed by atoms with E-state index < -0.39 is 5.91 Å². The van der Waals surface area contributed by atoms with Gasteiger partial charge in [-0.25, -0.2) is 4.98 Å². The third-order valence-corrected chi connectivity index (χ3v) is 5.54. The van der Waals surface area contributed by atoms with Gasteiger partial charge in [0.15, 0.2) is 0 Å². The van der Waals surface area contributed by atoms with Crippen molar-refractivity contribution in [2.45, 2.75) is 26.5 Å². The van der Waals surface area contributed by atoms with Crippen LogP contribution in [0.3, 0.4) is 0 Å². The summed E-state index contributed by atoms with van der Waals surface area (Å²) in [6.45, 7) is 3.71. The summed E-state index contributed by atoms with van der Waals surface area (Å²) in [5, 5.41) is 4.25. The van der Waals surface area contributed by atoms with Gasteiger partial charge in [-0.15, -0.1) is 0 Å². The summed E-state index contributed by atoms with van der Waals surface area (Å²) < 4.78 is 7.64. The number of amides is 1. The number of nitrogens with one attached hydrogen (secondary N) is 1. The van der Waals surface area contributed by atoms with Gasteiger partial charge in [0.1, 0.15) is 5.82 Å². The van der Waals surface area contributed by atoms with Crippen molar-refractivity contribution in [2.24, 2.45) is 5.73 Å². The Labute approximate surface area is 179 Å². The van der Waals surface area contributed by atoms with E-state index in [0.717, 1.165) is 45.7 Å². The molecule has 0 aliphatic carbocycles. The summed E-state index contributed by atoms with van der Waals surface area (Å²) in [7, 11) is 0. The number of carbonyl (C=O) groups is 1. The van der Waals surface area contributed by atoms with Gasteiger partial charge >= 0.3 is 0 Å². The summed E-state index contributed by atoms with van der Waals surface area (Å²) in [6.07, 6.45) is 0.726. The minimum atomic E-state index is -0.451. The van der Waals surface area contributed by atoms with Crippen LogP contribution >= 0.6 is 0 Å². The Kier molecular flexibility index (Phi) is 4.88. The van der Waals surface area contributed by atoms with Crippen molar-refractivity contribution in [2.75, 3.05) is 11.9 Å². The Hall–Kier alpha value is -3.71. The first-order valence-corrected chi connectivity index (χ1v) is 10.2. The molecule has 2 aromatic heterocycles. The molecule has 5 rings (SSSR count). The van der Waals surface area contributed by atoms with E-state index in [9.17, 15) is 4.79 Å². The zero-order chi connectivity index (χ0) is 21.4. The van der Waals surface area contributed by atoms with E-state index >= 15 is 0 Å². The second-order valence-electron chi connectivity index (χ2n) is 7.59. The van der Waals surface area contributed by atoms with E-state index in [-0.39, 0.29) is 0 Å². The Bertz CT molecular complexity index is 1280. The van der Waals surface area contributed by atoms with Gasteiger partial charge in [-0.1, -0.05) is 24.3 Å². The fourth-order valence-electron chi connectivity index (χ4n) is 4.03. The Morgan fingerprint density at radius 1 is 1.29 bits per heavy atom. The van der Waals surface area contributed by atoms with Crippen molar-refractivity contribution in [3.05, 3.63) is 82.7 Å². The van der Waals surface area contributed by atoms with E-state index in [4.69, 9.17) is 20.4 Å². The molecule has 2 aromatic carbocycles. The van der Waals surface area contributed by atoms with E-state index in [2.05, 4.69) is 11.4 Å². The predicted octanol–water partition coefficient (Wildman–Crippen LogP) is 3.31. The number of benzene rings is 2. The lowest BCUT2D eigenvalue weighted by Crippen LogP contribution is -2.19. The highest BCUT2D eigenvalue weighted by Crippen LogP contribution is 2.29. The molecular formula is C24H22N5O2. The van der Waals surface area contributed by atoms with Gasteiger partial charge in [-0.2, -0.15) is 4.98 Å². The minimum absolute atomic E-state index is 0.451. The molecule has 7 nitrogen and oxygen atoms in total. The summed E-state index contributed by atoms with van der Waals surface area (Å²) in [5.41, 5.74) is 10.9. The molecule has 0 bridgehead atoms. The van der Waals surface area contributed by atoms with Crippen LogP contribution in [0.1, 0.15) is 32.9 Å². The number of nitrogens with zero attached hydrogens (tertiary/aromatic N) is 3. The molecular weight excluding hydrogens is 390 g/mol. The maximum absolute atomic E-state index is 11.9. The van der Waals surface area contributed by atoms with Crippen molar-refractivity contribution in [3.8, 4) is 5.95 Å². The Morgan fingerprint density at radius 2 is 2.19 bits per heavy atom. The molecule has 7 heteroatoms. The molecule has 1 aliphatic heterocycles. The number of primary amides is 1. The highest BCUT2D eigenvalue weighted by molar-refractivity contribution is 6.06. The van der Waals surface area contributed by atoms with Crippen molar-refractivity contribution < 1.29 is 9.53 Å². The van der Waals surface area contributed by atoms with Gasteiger partial charge in [0, 0.05) is 35.2 Å². The van der Waals surface area contributed by atoms with Crippen LogP contribution in [0, 0.1) is 13.0 Å². The van der Waals surface area contributed by atoms with Crippen LogP contribution in [0.4, 0.5) is 5.82 Å². The van der Waals surface area contributed by atoms with Crippen LogP contribution < -0.4 is 11.1 Å². The van der Waals surface area contributed by atoms with Crippen LogP contribution in [0.25, 0.3) is 16.9 Å². The van der Waals surface area contributed by atoms with E-state index in [1.165, 1.54) is 0 Å². The van der Waals surface area contributed by atoms with Crippen LogP contribution in [-0.4, -0.2) is 27.0 Å². The lowest BCUT2D eigenvalue weighted by atomic mass is 10.1.